The second kappa shape index (κ2) is 5.87. The number of nitrogens with one attached hydrogen (secondary N) is 2. The van der Waals surface area contributed by atoms with E-state index in [1.165, 1.54) is 0 Å². The van der Waals surface area contributed by atoms with Crippen molar-refractivity contribution >= 4 is 28.3 Å². The molecule has 28 heavy (non-hydrogen) atoms. The van der Waals surface area contributed by atoms with Gasteiger partial charge < -0.3 is 15.4 Å². The van der Waals surface area contributed by atoms with Gasteiger partial charge in [0.05, 0.1) is 29.9 Å². The number of ether oxygens (including phenoxy) is 1. The predicted molar refractivity (Wildman–Crippen MR) is 106 cm³/mol. The van der Waals surface area contributed by atoms with Crippen LogP contribution >= 0.6 is 0 Å². The molecule has 0 aromatic carbocycles. The van der Waals surface area contributed by atoms with Crippen molar-refractivity contribution in [2.75, 3.05) is 30.9 Å². The monoisotopic (exact) mass is 373 g/mol. The highest BCUT2D eigenvalue weighted by Gasteiger charge is 2.54. The fraction of sp³-hybridized carbons (Fsp3) is 0.300. The topological polar surface area (TPSA) is 89.3 Å². The average Bonchev–Trinajstić information content (AvgIpc) is 3.09. The van der Waals surface area contributed by atoms with E-state index in [2.05, 4.69) is 20.7 Å². The summed E-state index contributed by atoms with van der Waals surface area (Å²) in [5, 5.41) is 11.4. The van der Waals surface area contributed by atoms with Gasteiger partial charge in [0.2, 0.25) is 5.95 Å². The Bertz CT molecular complexity index is 1190. The van der Waals surface area contributed by atoms with Crippen molar-refractivity contribution in [3.05, 3.63) is 42.7 Å². The molecule has 3 atom stereocenters. The summed E-state index contributed by atoms with van der Waals surface area (Å²) in [4.78, 5) is 13.8. The minimum atomic E-state index is 0.417. The first kappa shape index (κ1) is 15.8. The lowest BCUT2D eigenvalue weighted by Crippen LogP contribution is -2.16. The van der Waals surface area contributed by atoms with E-state index in [4.69, 9.17) is 14.7 Å². The molecule has 8 heteroatoms. The highest BCUT2D eigenvalue weighted by molar-refractivity contribution is 5.89. The summed E-state index contributed by atoms with van der Waals surface area (Å²) < 4.78 is 7.32. The second-order valence-corrected chi connectivity index (χ2v) is 7.33. The first-order valence-corrected chi connectivity index (χ1v) is 9.45. The van der Waals surface area contributed by atoms with Crippen LogP contribution in [0, 0.1) is 11.8 Å². The van der Waals surface area contributed by atoms with E-state index in [0.717, 1.165) is 46.8 Å². The molecule has 2 fully saturated rings. The van der Waals surface area contributed by atoms with Crippen LogP contribution in [0.15, 0.2) is 42.7 Å². The van der Waals surface area contributed by atoms with E-state index in [9.17, 15) is 0 Å². The van der Waals surface area contributed by atoms with Crippen LogP contribution < -0.4 is 10.6 Å². The number of pyridine rings is 2. The molecule has 1 aliphatic carbocycles. The van der Waals surface area contributed by atoms with Crippen molar-refractivity contribution in [2.24, 2.45) is 11.8 Å². The molecule has 1 saturated carbocycles. The molecule has 1 saturated heterocycles. The smallest absolute Gasteiger partial charge is 0.243 e. The predicted octanol–water partition coefficient (Wildman–Crippen LogP) is 2.44. The molecule has 1 unspecified atom stereocenters. The molecule has 6 rings (SSSR count). The number of aromatic nitrogens is 5. The van der Waals surface area contributed by atoms with E-state index >= 15 is 0 Å². The number of rotatable bonds is 4. The highest BCUT2D eigenvalue weighted by Crippen LogP contribution is 2.45. The lowest BCUT2D eigenvalue weighted by Gasteiger charge is -2.11. The number of nitrogens with zero attached hydrogens (tertiary/aromatic N) is 5. The van der Waals surface area contributed by atoms with Crippen molar-refractivity contribution in [3.8, 4) is 11.3 Å². The van der Waals surface area contributed by atoms with Gasteiger partial charge in [0.15, 0.2) is 5.82 Å². The summed E-state index contributed by atoms with van der Waals surface area (Å²) in [6.45, 7) is 1.67. The van der Waals surface area contributed by atoms with Crippen LogP contribution in [-0.4, -0.2) is 50.9 Å². The van der Waals surface area contributed by atoms with Gasteiger partial charge in [-0.05, 0) is 30.3 Å². The quantitative estimate of drug-likeness (QED) is 0.568. The van der Waals surface area contributed by atoms with Crippen molar-refractivity contribution < 1.29 is 4.74 Å². The van der Waals surface area contributed by atoms with Crippen LogP contribution in [0.4, 0.5) is 11.8 Å². The van der Waals surface area contributed by atoms with Crippen LogP contribution in [0.25, 0.3) is 27.8 Å². The third-order valence-electron chi connectivity index (χ3n) is 5.73. The van der Waals surface area contributed by atoms with Gasteiger partial charge in [0.25, 0.3) is 0 Å². The standard InChI is InChI=1S/C20H19N7O/c1-21-19-18-11(14-4-5-15-16(23-14)3-2-7-22-15)6-8-27(18)26-20(25-19)24-17-12-9-28-10-13(12)17/h2-8,12-13,17H,9-10H2,1H3,(H2,21,24,25,26)/t12-,13+,17?. The molecule has 140 valence electrons. The van der Waals surface area contributed by atoms with E-state index in [-0.39, 0.29) is 0 Å². The molecule has 4 aromatic heterocycles. The largest absolute Gasteiger partial charge is 0.381 e. The molecular formula is C20H19N7O. The fourth-order valence-corrected chi connectivity index (χ4v) is 4.18. The molecule has 2 N–H and O–H groups in total. The van der Waals surface area contributed by atoms with Crippen molar-refractivity contribution in [1.82, 2.24) is 24.6 Å². The third kappa shape index (κ3) is 2.34. The van der Waals surface area contributed by atoms with Gasteiger partial charge in [-0.25, -0.2) is 9.50 Å². The molecule has 0 bridgehead atoms. The Morgan fingerprint density at radius 2 is 1.96 bits per heavy atom. The van der Waals surface area contributed by atoms with Crippen molar-refractivity contribution in [1.29, 1.82) is 0 Å². The summed E-state index contributed by atoms with van der Waals surface area (Å²) in [7, 11) is 1.88. The zero-order valence-electron chi connectivity index (χ0n) is 15.3. The average molecular weight is 373 g/mol. The summed E-state index contributed by atoms with van der Waals surface area (Å²) in [6, 6.07) is 10.3. The Morgan fingerprint density at radius 3 is 2.82 bits per heavy atom. The Hall–Kier alpha value is -3.26. The van der Waals surface area contributed by atoms with Crippen LogP contribution in [-0.2, 0) is 4.74 Å². The lowest BCUT2D eigenvalue weighted by molar-refractivity contribution is 0.162. The Labute approximate surface area is 161 Å². The van der Waals surface area contributed by atoms with Gasteiger partial charge in [-0.1, -0.05) is 0 Å². The number of hydrogen-bond donors (Lipinski definition) is 2. The van der Waals surface area contributed by atoms with Crippen molar-refractivity contribution in [2.45, 2.75) is 6.04 Å². The highest BCUT2D eigenvalue weighted by atomic mass is 16.5. The summed E-state index contributed by atoms with van der Waals surface area (Å²) in [6.07, 6.45) is 3.73. The molecule has 0 amide bonds. The molecule has 5 heterocycles. The molecule has 8 nitrogen and oxygen atoms in total. The third-order valence-corrected chi connectivity index (χ3v) is 5.73. The maximum absolute atomic E-state index is 5.46. The molecular weight excluding hydrogens is 354 g/mol. The first-order chi connectivity index (χ1) is 13.8. The Morgan fingerprint density at radius 1 is 1.07 bits per heavy atom. The first-order valence-electron chi connectivity index (χ1n) is 9.45. The SMILES string of the molecule is CNc1nc(NC2[C@H]3COC[C@@H]23)nn2ccc(-c3ccc4ncccc4n3)c12. The van der Waals surface area contributed by atoms with Crippen LogP contribution in [0.1, 0.15) is 0 Å². The zero-order valence-corrected chi connectivity index (χ0v) is 15.3. The number of fused-ring (bicyclic) bond motifs is 3. The van der Waals surface area contributed by atoms with Crippen LogP contribution in [0.2, 0.25) is 0 Å². The number of anilines is 2. The Kier molecular flexibility index (Phi) is 3.30. The van der Waals surface area contributed by atoms with Gasteiger partial charge in [0, 0.05) is 42.9 Å². The summed E-state index contributed by atoms with van der Waals surface area (Å²) in [5.41, 5.74) is 4.51. The van der Waals surface area contributed by atoms with Gasteiger partial charge in [0.1, 0.15) is 5.52 Å². The minimum absolute atomic E-state index is 0.417. The molecule has 0 spiro atoms. The number of hydrogen-bond acceptors (Lipinski definition) is 7. The molecule has 2 aliphatic rings. The normalized spacial score (nSPS) is 23.1. The van der Waals surface area contributed by atoms with Gasteiger partial charge in [-0.3, -0.25) is 4.98 Å². The lowest BCUT2D eigenvalue weighted by atomic mass is 10.1. The maximum Gasteiger partial charge on any atom is 0.243 e. The van der Waals surface area contributed by atoms with Crippen LogP contribution in [0.3, 0.4) is 0 Å². The maximum atomic E-state index is 5.46. The van der Waals surface area contributed by atoms with Crippen LogP contribution in [0.5, 0.6) is 0 Å². The summed E-state index contributed by atoms with van der Waals surface area (Å²) in [5.74, 6) is 2.59. The Balaban J connectivity index is 1.41. The zero-order chi connectivity index (χ0) is 18.7. The van der Waals surface area contributed by atoms with E-state index < -0.39 is 0 Å². The van der Waals surface area contributed by atoms with Crippen molar-refractivity contribution in [3.63, 3.8) is 0 Å². The van der Waals surface area contributed by atoms with E-state index in [0.29, 0.717) is 23.8 Å². The van der Waals surface area contributed by atoms with Gasteiger partial charge >= 0.3 is 0 Å². The van der Waals surface area contributed by atoms with Gasteiger partial charge in [-0.15, -0.1) is 5.10 Å². The molecule has 4 aromatic rings. The second-order valence-electron chi connectivity index (χ2n) is 7.33. The minimum Gasteiger partial charge on any atom is -0.381 e. The van der Waals surface area contributed by atoms with E-state index in [1.807, 2.05) is 48.1 Å². The molecule has 0 radical (unpaired) electrons. The van der Waals surface area contributed by atoms with E-state index in [1.54, 1.807) is 6.20 Å². The van der Waals surface area contributed by atoms with Gasteiger partial charge in [-0.2, -0.15) is 4.98 Å². The summed E-state index contributed by atoms with van der Waals surface area (Å²) >= 11 is 0. The fourth-order valence-electron chi connectivity index (χ4n) is 4.18. The molecule has 1 aliphatic heterocycles.